The van der Waals surface area contributed by atoms with Gasteiger partial charge in [0.05, 0.1) is 13.3 Å². The number of hydrogen-bond acceptors (Lipinski definition) is 6. The van der Waals surface area contributed by atoms with Crippen LogP contribution in [0, 0.1) is 17.8 Å². The number of amides is 1. The highest BCUT2D eigenvalue weighted by molar-refractivity contribution is 5.95. The van der Waals surface area contributed by atoms with Crippen LogP contribution in [-0.4, -0.2) is 48.1 Å². The molecule has 1 atom stereocenters. The lowest BCUT2D eigenvalue weighted by molar-refractivity contribution is -0.133. The summed E-state index contributed by atoms with van der Waals surface area (Å²) in [5.74, 6) is 5.08. The molecule has 1 N–H and O–H groups in total. The summed E-state index contributed by atoms with van der Waals surface area (Å²) in [5, 5.41) is 3.80. The fourth-order valence-electron chi connectivity index (χ4n) is 3.62. The van der Waals surface area contributed by atoms with Crippen molar-refractivity contribution in [2.24, 2.45) is 5.92 Å². The zero-order valence-electron chi connectivity index (χ0n) is 14.4. The molecule has 0 aromatic carbocycles. The van der Waals surface area contributed by atoms with E-state index in [1.807, 2.05) is 0 Å². The molecule has 0 radical (unpaired) electrons. The minimum absolute atomic E-state index is 0.0885. The third-order valence-corrected chi connectivity index (χ3v) is 5.05. The number of nitrogens with one attached hydrogen (secondary N) is 1. The van der Waals surface area contributed by atoms with Gasteiger partial charge in [0.15, 0.2) is 5.76 Å². The van der Waals surface area contributed by atoms with Crippen molar-refractivity contribution in [1.82, 2.24) is 15.2 Å². The maximum Gasteiger partial charge on any atom is 0.384 e. The number of hydrogen-bond donors (Lipinski definition) is 1. The molecule has 26 heavy (non-hydrogen) atoms. The average Bonchev–Trinajstić information content (AvgIpc) is 3.09. The second-order valence-corrected chi connectivity index (χ2v) is 6.66. The summed E-state index contributed by atoms with van der Waals surface area (Å²) < 4.78 is 10.0. The standard InChI is InChI=1S/C19H19N3O4/c1-25-18(23)3-2-14-9-13-11-20-15(10-16(13)26-14)19(24)21-17-8-12-4-6-22(17)7-5-12/h9-12,17H,4-8H2,1H3,(H,21,24). The van der Waals surface area contributed by atoms with Gasteiger partial charge in [-0.3, -0.25) is 14.7 Å². The van der Waals surface area contributed by atoms with Crippen LogP contribution in [0.15, 0.2) is 22.7 Å². The molecule has 7 nitrogen and oxygen atoms in total. The van der Waals surface area contributed by atoms with Gasteiger partial charge in [-0.1, -0.05) is 0 Å². The van der Waals surface area contributed by atoms with E-state index < -0.39 is 5.97 Å². The van der Waals surface area contributed by atoms with Crippen LogP contribution in [0.3, 0.4) is 0 Å². The zero-order valence-corrected chi connectivity index (χ0v) is 14.4. The van der Waals surface area contributed by atoms with E-state index in [9.17, 15) is 9.59 Å². The molecule has 7 heteroatoms. The van der Waals surface area contributed by atoms with Gasteiger partial charge >= 0.3 is 5.97 Å². The van der Waals surface area contributed by atoms with Gasteiger partial charge in [0.25, 0.3) is 5.91 Å². The Morgan fingerprint density at radius 3 is 2.85 bits per heavy atom. The van der Waals surface area contributed by atoms with E-state index >= 15 is 0 Å². The Bertz CT molecular complexity index is 916. The van der Waals surface area contributed by atoms with Gasteiger partial charge in [0.1, 0.15) is 11.3 Å². The van der Waals surface area contributed by atoms with Crippen LogP contribution in [-0.2, 0) is 9.53 Å². The number of nitrogens with zero attached hydrogens (tertiary/aromatic N) is 2. The zero-order chi connectivity index (χ0) is 18.1. The molecule has 5 heterocycles. The van der Waals surface area contributed by atoms with Gasteiger partial charge in [-0.15, -0.1) is 0 Å². The molecule has 0 aliphatic carbocycles. The minimum atomic E-state index is -0.638. The molecule has 1 amide bonds. The molecule has 3 aliphatic heterocycles. The second kappa shape index (κ2) is 6.81. The predicted molar refractivity (Wildman–Crippen MR) is 93.1 cm³/mol. The molecule has 2 bridgehead atoms. The summed E-state index contributed by atoms with van der Waals surface area (Å²) in [6.45, 7) is 2.09. The number of aromatic nitrogens is 1. The molecule has 134 valence electrons. The number of carbonyl (C=O) groups excluding carboxylic acids is 2. The average molecular weight is 353 g/mol. The molecule has 3 saturated heterocycles. The van der Waals surface area contributed by atoms with Crippen molar-refractivity contribution in [1.29, 1.82) is 0 Å². The van der Waals surface area contributed by atoms with Crippen molar-refractivity contribution < 1.29 is 18.7 Å². The summed E-state index contributed by atoms with van der Waals surface area (Å²) in [5.41, 5.74) is 0.812. The maximum atomic E-state index is 12.6. The molecular formula is C19H19N3O4. The predicted octanol–water partition coefficient (Wildman–Crippen LogP) is 1.52. The molecule has 5 rings (SSSR count). The van der Waals surface area contributed by atoms with Gasteiger partial charge < -0.3 is 14.5 Å². The van der Waals surface area contributed by atoms with Crippen molar-refractivity contribution >= 4 is 22.8 Å². The third kappa shape index (κ3) is 3.28. The van der Waals surface area contributed by atoms with Crippen molar-refractivity contribution in [3.8, 4) is 11.8 Å². The molecular weight excluding hydrogens is 334 g/mol. The first-order valence-electron chi connectivity index (χ1n) is 8.67. The number of ether oxygens (including phenoxy) is 1. The van der Waals surface area contributed by atoms with Crippen molar-refractivity contribution in [2.75, 3.05) is 20.2 Å². The highest BCUT2D eigenvalue weighted by atomic mass is 16.5. The van der Waals surface area contributed by atoms with Crippen LogP contribution in [0.2, 0.25) is 0 Å². The molecule has 2 aromatic heterocycles. The molecule has 2 aromatic rings. The van der Waals surface area contributed by atoms with E-state index in [0.29, 0.717) is 23.0 Å². The number of piperidine rings is 3. The Morgan fingerprint density at radius 2 is 2.15 bits per heavy atom. The summed E-state index contributed by atoms with van der Waals surface area (Å²) in [4.78, 5) is 30.2. The number of furan rings is 1. The lowest BCUT2D eigenvalue weighted by Gasteiger charge is -2.45. The van der Waals surface area contributed by atoms with E-state index in [-0.39, 0.29) is 12.1 Å². The van der Waals surface area contributed by atoms with E-state index in [1.54, 1.807) is 18.3 Å². The van der Waals surface area contributed by atoms with Crippen molar-refractivity contribution in [3.63, 3.8) is 0 Å². The number of esters is 1. The highest BCUT2D eigenvalue weighted by Crippen LogP contribution is 2.30. The van der Waals surface area contributed by atoms with Gasteiger partial charge in [-0.25, -0.2) is 4.79 Å². The number of rotatable bonds is 2. The Morgan fingerprint density at radius 1 is 1.35 bits per heavy atom. The molecule has 1 unspecified atom stereocenters. The first-order valence-corrected chi connectivity index (χ1v) is 8.67. The van der Waals surface area contributed by atoms with E-state index in [2.05, 4.69) is 31.8 Å². The number of fused-ring (bicyclic) bond motifs is 4. The van der Waals surface area contributed by atoms with Crippen LogP contribution in [0.1, 0.15) is 35.5 Å². The van der Waals surface area contributed by atoms with Crippen LogP contribution in [0.4, 0.5) is 0 Å². The van der Waals surface area contributed by atoms with E-state index in [1.165, 1.54) is 20.0 Å². The Balaban J connectivity index is 1.50. The quantitative estimate of drug-likeness (QED) is 0.651. The monoisotopic (exact) mass is 353 g/mol. The van der Waals surface area contributed by atoms with E-state index in [4.69, 9.17) is 4.42 Å². The van der Waals surface area contributed by atoms with Gasteiger partial charge in [0.2, 0.25) is 0 Å². The fraction of sp³-hybridized carbons (Fsp3) is 0.421. The highest BCUT2D eigenvalue weighted by Gasteiger charge is 2.34. The molecule has 0 spiro atoms. The number of carbonyl (C=O) groups is 2. The largest absolute Gasteiger partial charge is 0.459 e. The summed E-state index contributed by atoms with van der Waals surface area (Å²) in [6, 6.07) is 3.27. The van der Waals surface area contributed by atoms with Crippen LogP contribution < -0.4 is 5.32 Å². The smallest absolute Gasteiger partial charge is 0.384 e. The molecule has 3 aliphatic rings. The number of methoxy groups -OCH3 is 1. The normalized spacial score (nSPS) is 24.0. The lowest BCUT2D eigenvalue weighted by atomic mass is 9.86. The van der Waals surface area contributed by atoms with Gasteiger partial charge in [-0.2, -0.15) is 0 Å². The topological polar surface area (TPSA) is 84.7 Å². The van der Waals surface area contributed by atoms with E-state index in [0.717, 1.165) is 24.9 Å². The first-order chi connectivity index (χ1) is 12.6. The molecule has 0 saturated carbocycles. The third-order valence-electron chi connectivity index (χ3n) is 5.05. The molecule has 3 fully saturated rings. The minimum Gasteiger partial charge on any atom is -0.459 e. The van der Waals surface area contributed by atoms with Crippen LogP contribution in [0.25, 0.3) is 11.0 Å². The van der Waals surface area contributed by atoms with Crippen LogP contribution >= 0.6 is 0 Å². The summed E-state index contributed by atoms with van der Waals surface area (Å²) in [6.07, 6.45) is 5.11. The lowest BCUT2D eigenvalue weighted by Crippen LogP contribution is -2.56. The first kappa shape index (κ1) is 16.6. The van der Waals surface area contributed by atoms with Crippen molar-refractivity contribution in [2.45, 2.75) is 25.4 Å². The van der Waals surface area contributed by atoms with Crippen LogP contribution in [0.5, 0.6) is 0 Å². The summed E-state index contributed by atoms with van der Waals surface area (Å²) >= 11 is 0. The second-order valence-electron chi connectivity index (χ2n) is 6.66. The SMILES string of the molecule is COC(=O)C#Cc1cc2cnc(C(=O)NC3CC4CCN3CC4)cc2o1. The Kier molecular flexibility index (Phi) is 4.35. The fourth-order valence-corrected chi connectivity index (χ4v) is 3.62. The number of pyridine rings is 1. The van der Waals surface area contributed by atoms with Crippen molar-refractivity contribution in [3.05, 3.63) is 29.8 Å². The summed E-state index contributed by atoms with van der Waals surface area (Å²) in [7, 11) is 1.26. The van der Waals surface area contributed by atoms with Gasteiger partial charge in [0, 0.05) is 42.7 Å². The maximum absolute atomic E-state index is 12.6. The van der Waals surface area contributed by atoms with Gasteiger partial charge in [-0.05, 0) is 31.1 Å². The Hall–Kier alpha value is -2.85. The Labute approximate surface area is 150 Å².